The van der Waals surface area contributed by atoms with E-state index in [0.717, 1.165) is 21.4 Å². The van der Waals surface area contributed by atoms with Gasteiger partial charge in [0.1, 0.15) is 11.9 Å². The van der Waals surface area contributed by atoms with Gasteiger partial charge < -0.3 is 5.32 Å². The molecule has 0 aliphatic carbocycles. The van der Waals surface area contributed by atoms with Crippen molar-refractivity contribution >= 4 is 44.7 Å². The molecule has 2 aromatic heterocycles. The molecule has 1 saturated heterocycles. The number of rotatable bonds is 6. The third-order valence-corrected chi connectivity index (χ3v) is 8.47. The van der Waals surface area contributed by atoms with Crippen molar-refractivity contribution in [1.82, 2.24) is 18.8 Å². The average Bonchev–Trinajstić information content (AvgIpc) is 3.41. The van der Waals surface area contributed by atoms with Crippen LogP contribution in [-0.4, -0.2) is 41.0 Å². The van der Waals surface area contributed by atoms with Crippen LogP contribution in [0.15, 0.2) is 42.7 Å². The molecule has 176 valence electrons. The number of hydrogen-bond donors (Lipinski definition) is 2. The highest BCUT2D eigenvalue weighted by molar-refractivity contribution is 7.87. The Morgan fingerprint density at radius 2 is 2.15 bits per heavy atom. The number of aryl methyl sites for hydroxylation is 1. The first-order chi connectivity index (χ1) is 15.7. The number of halogens is 2. The molecule has 0 spiro atoms. The highest BCUT2D eigenvalue weighted by atomic mass is 35.5. The van der Waals surface area contributed by atoms with E-state index in [4.69, 9.17) is 11.6 Å². The molecule has 0 bridgehead atoms. The van der Waals surface area contributed by atoms with Gasteiger partial charge in [-0.1, -0.05) is 18.5 Å². The van der Waals surface area contributed by atoms with Crippen molar-refractivity contribution in [2.45, 2.75) is 31.8 Å². The van der Waals surface area contributed by atoms with E-state index in [1.54, 1.807) is 10.9 Å². The Morgan fingerprint density at radius 1 is 1.36 bits per heavy atom. The van der Waals surface area contributed by atoms with Crippen molar-refractivity contribution in [2.75, 3.05) is 11.9 Å². The van der Waals surface area contributed by atoms with Crippen LogP contribution >= 0.6 is 22.9 Å². The predicted molar refractivity (Wildman–Crippen MR) is 127 cm³/mol. The average molecular weight is 512 g/mol. The summed E-state index contributed by atoms with van der Waals surface area (Å²) in [6.07, 6.45) is 4.41. The van der Waals surface area contributed by atoms with E-state index in [9.17, 15) is 17.6 Å². The van der Waals surface area contributed by atoms with Crippen LogP contribution in [0.1, 0.15) is 30.7 Å². The lowest BCUT2D eigenvalue weighted by Crippen LogP contribution is -2.57. The van der Waals surface area contributed by atoms with Gasteiger partial charge >= 0.3 is 0 Å². The Hall–Kier alpha value is -2.31. The summed E-state index contributed by atoms with van der Waals surface area (Å²) in [6, 6.07) is 6.11. The molecule has 1 fully saturated rings. The summed E-state index contributed by atoms with van der Waals surface area (Å²) in [4.78, 5) is 14.9. The quantitative estimate of drug-likeness (QED) is 0.524. The van der Waals surface area contributed by atoms with Crippen molar-refractivity contribution < 1.29 is 17.6 Å². The fraction of sp³-hybridized carbons (Fsp3) is 0.333. The summed E-state index contributed by atoms with van der Waals surface area (Å²) < 4.78 is 45.2. The lowest BCUT2D eigenvalue weighted by molar-refractivity contribution is -0.120. The van der Waals surface area contributed by atoms with E-state index in [2.05, 4.69) is 15.1 Å². The normalized spacial score (nSPS) is 20.6. The monoisotopic (exact) mass is 511 g/mol. The summed E-state index contributed by atoms with van der Waals surface area (Å²) >= 11 is 7.27. The molecule has 0 radical (unpaired) electrons. The maximum atomic E-state index is 13.5. The van der Waals surface area contributed by atoms with Gasteiger partial charge in [-0.25, -0.2) is 4.39 Å². The van der Waals surface area contributed by atoms with Gasteiger partial charge in [0.2, 0.25) is 5.91 Å². The molecule has 3 aromatic rings. The maximum Gasteiger partial charge on any atom is 0.280 e. The van der Waals surface area contributed by atoms with E-state index in [1.165, 1.54) is 27.8 Å². The summed E-state index contributed by atoms with van der Waals surface area (Å²) in [6.45, 7) is 2.03. The Labute approximate surface area is 200 Å². The first-order valence-corrected chi connectivity index (χ1v) is 12.9. The number of hydrogen-bond acceptors (Lipinski definition) is 5. The van der Waals surface area contributed by atoms with Crippen LogP contribution in [0.4, 0.5) is 10.1 Å². The zero-order valence-corrected chi connectivity index (χ0v) is 20.3. The van der Waals surface area contributed by atoms with Crippen molar-refractivity contribution in [2.24, 2.45) is 7.05 Å². The smallest absolute Gasteiger partial charge is 0.280 e. The van der Waals surface area contributed by atoms with Gasteiger partial charge in [0.05, 0.1) is 17.3 Å². The predicted octanol–water partition coefficient (Wildman–Crippen LogP) is 3.94. The zero-order chi connectivity index (χ0) is 23.8. The molecule has 33 heavy (non-hydrogen) atoms. The van der Waals surface area contributed by atoms with Gasteiger partial charge in [-0.3, -0.25) is 9.48 Å². The molecule has 4 rings (SSSR count). The third kappa shape index (κ3) is 5.12. The Bertz CT molecular complexity index is 1280. The molecule has 1 aromatic carbocycles. The lowest BCUT2D eigenvalue weighted by Gasteiger charge is -2.37. The van der Waals surface area contributed by atoms with Gasteiger partial charge in [-0.2, -0.15) is 22.5 Å². The van der Waals surface area contributed by atoms with Crippen molar-refractivity contribution in [1.29, 1.82) is 0 Å². The number of carbonyl (C=O) groups is 1. The van der Waals surface area contributed by atoms with Crippen LogP contribution in [-0.2, 0) is 22.1 Å². The molecule has 1 aliphatic heterocycles. The topological polar surface area (TPSA) is 96.3 Å². The minimum atomic E-state index is -3.91. The standard InChI is InChI=1S/C21H23ClFN5O3S2/c1-3-8-28-18(21(29)25-14-4-5-16(23)15(22)9-14)10-17(26-33(28,30)31)20-7-6-19(32-20)13-11-24-27(2)12-13/h4-7,9,11-12,17-18,26H,3,8,10H2,1-2H3,(H,25,29)/t17-,18+/m0/s1. The number of carbonyl (C=O) groups excluding carboxylic acids is 1. The Kier molecular flexibility index (Phi) is 6.87. The number of benzene rings is 1. The lowest BCUT2D eigenvalue weighted by atomic mass is 10.0. The van der Waals surface area contributed by atoms with Gasteiger partial charge in [-0.15, -0.1) is 11.3 Å². The van der Waals surface area contributed by atoms with E-state index in [-0.39, 0.29) is 18.0 Å². The van der Waals surface area contributed by atoms with Crippen LogP contribution in [0.5, 0.6) is 0 Å². The number of thiophene rings is 1. The van der Waals surface area contributed by atoms with Gasteiger partial charge in [-0.05, 0) is 43.2 Å². The molecule has 12 heteroatoms. The number of nitrogens with zero attached hydrogens (tertiary/aromatic N) is 3. The molecular weight excluding hydrogens is 489 g/mol. The SMILES string of the molecule is CCCN1[C@@H](C(=O)Nc2ccc(F)c(Cl)c2)C[C@@H](c2ccc(-c3cnn(C)c3)s2)NS1(=O)=O. The summed E-state index contributed by atoms with van der Waals surface area (Å²) in [5.41, 5.74) is 1.23. The van der Waals surface area contributed by atoms with E-state index >= 15 is 0 Å². The second-order valence-corrected chi connectivity index (χ2v) is 10.9. The fourth-order valence-electron chi connectivity index (χ4n) is 3.76. The van der Waals surface area contributed by atoms with Crippen molar-refractivity contribution in [3.05, 3.63) is 58.4 Å². The molecule has 1 amide bonds. The molecule has 3 heterocycles. The largest absolute Gasteiger partial charge is 0.325 e. The zero-order valence-electron chi connectivity index (χ0n) is 18.0. The molecule has 2 atom stereocenters. The Morgan fingerprint density at radius 3 is 2.82 bits per heavy atom. The molecule has 0 unspecified atom stereocenters. The van der Waals surface area contributed by atoms with Crippen LogP contribution in [0.25, 0.3) is 10.4 Å². The number of anilines is 1. The van der Waals surface area contributed by atoms with E-state index < -0.39 is 34.0 Å². The third-order valence-electron chi connectivity index (χ3n) is 5.30. The second kappa shape index (κ2) is 9.51. The van der Waals surface area contributed by atoms with Crippen molar-refractivity contribution in [3.63, 3.8) is 0 Å². The number of aromatic nitrogens is 2. The minimum absolute atomic E-state index is 0.129. The van der Waals surface area contributed by atoms with Crippen LogP contribution in [0.2, 0.25) is 5.02 Å². The van der Waals surface area contributed by atoms with Gasteiger partial charge in [0.15, 0.2) is 0 Å². The van der Waals surface area contributed by atoms with E-state index in [0.29, 0.717) is 12.1 Å². The maximum absolute atomic E-state index is 13.5. The molecule has 1 aliphatic rings. The highest BCUT2D eigenvalue weighted by Gasteiger charge is 2.42. The Balaban J connectivity index is 1.60. The molecule has 2 N–H and O–H groups in total. The molecule has 8 nitrogen and oxygen atoms in total. The number of amides is 1. The summed E-state index contributed by atoms with van der Waals surface area (Å²) in [5, 5.41) is 6.73. The highest BCUT2D eigenvalue weighted by Crippen LogP contribution is 2.36. The fourth-order valence-corrected chi connectivity index (χ4v) is 6.72. The number of nitrogens with one attached hydrogen (secondary N) is 2. The molecular formula is C21H23ClFN5O3S2. The first kappa shape index (κ1) is 23.8. The minimum Gasteiger partial charge on any atom is -0.325 e. The summed E-state index contributed by atoms with van der Waals surface area (Å²) in [5.74, 6) is -1.10. The van der Waals surface area contributed by atoms with Crippen LogP contribution < -0.4 is 10.0 Å². The van der Waals surface area contributed by atoms with Crippen molar-refractivity contribution in [3.8, 4) is 10.4 Å². The van der Waals surface area contributed by atoms with Crippen LogP contribution in [0.3, 0.4) is 0 Å². The second-order valence-electron chi connectivity index (χ2n) is 7.76. The van der Waals surface area contributed by atoms with Gasteiger partial charge in [0.25, 0.3) is 10.2 Å². The van der Waals surface area contributed by atoms with Crippen LogP contribution in [0, 0.1) is 5.82 Å². The summed E-state index contributed by atoms with van der Waals surface area (Å²) in [7, 11) is -2.08. The van der Waals surface area contributed by atoms with Gasteiger partial charge in [0, 0.05) is 40.8 Å². The van der Waals surface area contributed by atoms with E-state index in [1.807, 2.05) is 32.3 Å². The first-order valence-electron chi connectivity index (χ1n) is 10.3. The molecule has 0 saturated carbocycles.